The fourth-order valence-electron chi connectivity index (χ4n) is 2.94. The number of nitrogens with zero attached hydrogens (tertiary/aromatic N) is 2. The molecule has 0 bridgehead atoms. The lowest BCUT2D eigenvalue weighted by Crippen LogP contribution is -1.96. The Labute approximate surface area is 194 Å². The Hall–Kier alpha value is -2.45. The Kier molecular flexibility index (Phi) is 6.29. The van der Waals surface area contributed by atoms with Crippen LogP contribution in [0.3, 0.4) is 0 Å². The number of hydrogen-bond acceptors (Lipinski definition) is 6. The average molecular weight is 491 g/mol. The minimum absolute atomic E-state index is 0.237. The predicted octanol–water partition coefficient (Wildman–Crippen LogP) is 6.16. The van der Waals surface area contributed by atoms with E-state index in [9.17, 15) is 8.42 Å². The molecule has 0 aliphatic carbocycles. The average Bonchev–Trinajstić information content (AvgIpc) is 3.16. The molecule has 0 aliphatic rings. The fourth-order valence-corrected chi connectivity index (χ4v) is 5.08. The first-order chi connectivity index (χ1) is 14.8. The first-order valence-electron chi connectivity index (χ1n) is 9.09. The van der Waals surface area contributed by atoms with Crippen LogP contribution in [0, 0.1) is 0 Å². The molecule has 0 saturated carbocycles. The maximum Gasteiger partial charge on any atom is 0.175 e. The van der Waals surface area contributed by atoms with Crippen LogP contribution in [0.2, 0.25) is 10.0 Å². The molecule has 0 unspecified atom stereocenters. The Morgan fingerprint density at radius 1 is 0.935 bits per heavy atom. The summed E-state index contributed by atoms with van der Waals surface area (Å²) in [6.45, 7) is 0.237. The molecule has 0 saturated heterocycles. The van der Waals surface area contributed by atoms with Gasteiger partial charge in [0, 0.05) is 34.3 Å². The SMILES string of the molecule is CS(=O)(=O)c1ccc(-c2sc(COc3cc(Cl)cc(Cl)c3)nc2-c2ccncc2)cc1. The second kappa shape index (κ2) is 8.96. The van der Waals surface area contributed by atoms with Crippen LogP contribution in [0.5, 0.6) is 5.75 Å². The summed E-state index contributed by atoms with van der Waals surface area (Å²) in [5.41, 5.74) is 2.56. The van der Waals surface area contributed by atoms with Gasteiger partial charge in [-0.1, -0.05) is 35.3 Å². The van der Waals surface area contributed by atoms with Crippen LogP contribution in [-0.2, 0) is 16.4 Å². The first-order valence-corrected chi connectivity index (χ1v) is 12.6. The molecule has 4 aromatic rings. The Bertz CT molecular complexity index is 1300. The minimum atomic E-state index is -3.27. The Morgan fingerprint density at radius 2 is 1.58 bits per heavy atom. The highest BCUT2D eigenvalue weighted by molar-refractivity contribution is 7.90. The number of sulfone groups is 1. The van der Waals surface area contributed by atoms with Crippen molar-refractivity contribution >= 4 is 44.4 Å². The summed E-state index contributed by atoms with van der Waals surface area (Å²) in [6.07, 6.45) is 4.60. The highest BCUT2D eigenvalue weighted by Gasteiger charge is 2.16. The van der Waals surface area contributed by atoms with Gasteiger partial charge in [0.2, 0.25) is 0 Å². The molecule has 2 heterocycles. The number of rotatable bonds is 6. The fraction of sp³-hybridized carbons (Fsp3) is 0.0909. The van der Waals surface area contributed by atoms with Gasteiger partial charge < -0.3 is 4.74 Å². The number of benzene rings is 2. The zero-order valence-corrected chi connectivity index (χ0v) is 19.4. The van der Waals surface area contributed by atoms with E-state index in [0.29, 0.717) is 15.8 Å². The molecule has 0 amide bonds. The van der Waals surface area contributed by atoms with Crippen molar-refractivity contribution < 1.29 is 13.2 Å². The van der Waals surface area contributed by atoms with Crippen molar-refractivity contribution in [2.75, 3.05) is 6.26 Å². The van der Waals surface area contributed by atoms with Gasteiger partial charge in [-0.05, 0) is 48.0 Å². The summed E-state index contributed by atoms with van der Waals surface area (Å²) >= 11 is 13.6. The van der Waals surface area contributed by atoms with Crippen LogP contribution in [0.25, 0.3) is 21.7 Å². The minimum Gasteiger partial charge on any atom is -0.486 e. The summed E-state index contributed by atoms with van der Waals surface area (Å²) in [6, 6.07) is 15.6. The van der Waals surface area contributed by atoms with E-state index in [1.165, 1.54) is 17.6 Å². The number of thiazole rings is 1. The van der Waals surface area contributed by atoms with E-state index in [1.54, 1.807) is 54.9 Å². The molecule has 0 aliphatic heterocycles. The summed E-state index contributed by atoms with van der Waals surface area (Å²) in [5, 5.41) is 1.74. The third-order valence-corrected chi connectivity index (χ3v) is 7.01. The number of ether oxygens (including phenoxy) is 1. The molecule has 0 radical (unpaired) electrons. The van der Waals surface area contributed by atoms with Gasteiger partial charge in [0.25, 0.3) is 0 Å². The molecular weight excluding hydrogens is 475 g/mol. The van der Waals surface area contributed by atoms with Crippen LogP contribution >= 0.6 is 34.5 Å². The lowest BCUT2D eigenvalue weighted by atomic mass is 10.1. The van der Waals surface area contributed by atoms with Crippen molar-refractivity contribution in [3.63, 3.8) is 0 Å². The van der Waals surface area contributed by atoms with E-state index >= 15 is 0 Å². The number of hydrogen-bond donors (Lipinski definition) is 0. The maximum absolute atomic E-state index is 11.8. The monoisotopic (exact) mass is 490 g/mol. The van der Waals surface area contributed by atoms with Crippen LogP contribution in [0.4, 0.5) is 0 Å². The van der Waals surface area contributed by atoms with Crippen LogP contribution in [0.15, 0.2) is 71.9 Å². The van der Waals surface area contributed by atoms with E-state index in [-0.39, 0.29) is 11.5 Å². The standard InChI is InChI=1S/C22H16Cl2N2O3S2/c1-31(27,28)19-4-2-15(3-5-19)22-21(14-6-8-25-9-7-14)26-20(30-22)13-29-18-11-16(23)10-17(24)12-18/h2-12H,13H2,1H3. The molecule has 0 fully saturated rings. The quantitative estimate of drug-likeness (QED) is 0.323. The van der Waals surface area contributed by atoms with Gasteiger partial charge in [-0.2, -0.15) is 0 Å². The molecular formula is C22H16Cl2N2O3S2. The van der Waals surface area contributed by atoms with E-state index in [2.05, 4.69) is 4.98 Å². The molecule has 2 aromatic heterocycles. The van der Waals surface area contributed by atoms with Gasteiger partial charge >= 0.3 is 0 Å². The Balaban J connectivity index is 1.69. The normalized spacial score (nSPS) is 11.5. The van der Waals surface area contributed by atoms with E-state index < -0.39 is 9.84 Å². The summed E-state index contributed by atoms with van der Waals surface area (Å²) in [7, 11) is -3.27. The molecule has 4 rings (SSSR count). The van der Waals surface area contributed by atoms with Gasteiger partial charge in [0.15, 0.2) is 9.84 Å². The second-order valence-corrected chi connectivity index (χ2v) is 10.7. The molecule has 0 N–H and O–H groups in total. The van der Waals surface area contributed by atoms with E-state index in [4.69, 9.17) is 32.9 Å². The van der Waals surface area contributed by atoms with Gasteiger partial charge in [-0.25, -0.2) is 13.4 Å². The van der Waals surface area contributed by atoms with Crippen LogP contribution < -0.4 is 4.74 Å². The lowest BCUT2D eigenvalue weighted by Gasteiger charge is -2.05. The Morgan fingerprint density at radius 3 is 2.19 bits per heavy atom. The predicted molar refractivity (Wildman–Crippen MR) is 125 cm³/mol. The first kappa shape index (κ1) is 21.8. The van der Waals surface area contributed by atoms with Crippen molar-refractivity contribution in [2.24, 2.45) is 0 Å². The van der Waals surface area contributed by atoms with Crippen molar-refractivity contribution in [3.05, 3.63) is 82.0 Å². The molecule has 31 heavy (non-hydrogen) atoms. The smallest absolute Gasteiger partial charge is 0.175 e. The number of pyridine rings is 1. The second-order valence-electron chi connectivity index (χ2n) is 6.71. The highest BCUT2D eigenvalue weighted by atomic mass is 35.5. The third-order valence-electron chi connectivity index (χ3n) is 4.37. The maximum atomic E-state index is 11.8. The zero-order chi connectivity index (χ0) is 22.0. The molecule has 0 spiro atoms. The van der Waals surface area contributed by atoms with Crippen molar-refractivity contribution in [1.82, 2.24) is 9.97 Å². The molecule has 5 nitrogen and oxygen atoms in total. The van der Waals surface area contributed by atoms with Crippen LogP contribution in [0.1, 0.15) is 5.01 Å². The van der Waals surface area contributed by atoms with Crippen molar-refractivity contribution in [3.8, 4) is 27.4 Å². The zero-order valence-electron chi connectivity index (χ0n) is 16.2. The lowest BCUT2D eigenvalue weighted by molar-refractivity contribution is 0.305. The number of aromatic nitrogens is 2. The van der Waals surface area contributed by atoms with E-state index in [0.717, 1.165) is 26.7 Å². The largest absolute Gasteiger partial charge is 0.486 e. The molecule has 2 aromatic carbocycles. The highest BCUT2D eigenvalue weighted by Crippen LogP contribution is 2.37. The van der Waals surface area contributed by atoms with Crippen molar-refractivity contribution in [1.29, 1.82) is 0 Å². The van der Waals surface area contributed by atoms with E-state index in [1.807, 2.05) is 12.1 Å². The summed E-state index contributed by atoms with van der Waals surface area (Å²) in [4.78, 5) is 10.0. The van der Waals surface area contributed by atoms with Gasteiger partial charge in [0.05, 0.1) is 15.5 Å². The number of halogens is 2. The third kappa shape index (κ3) is 5.25. The van der Waals surface area contributed by atoms with Crippen LogP contribution in [-0.4, -0.2) is 24.6 Å². The topological polar surface area (TPSA) is 69.2 Å². The molecule has 9 heteroatoms. The molecule has 0 atom stereocenters. The summed E-state index contributed by atoms with van der Waals surface area (Å²) < 4.78 is 29.4. The van der Waals surface area contributed by atoms with Gasteiger partial charge in [-0.3, -0.25) is 4.98 Å². The van der Waals surface area contributed by atoms with Gasteiger partial charge in [-0.15, -0.1) is 11.3 Å². The van der Waals surface area contributed by atoms with Gasteiger partial charge in [0.1, 0.15) is 17.4 Å². The van der Waals surface area contributed by atoms with Crippen molar-refractivity contribution in [2.45, 2.75) is 11.5 Å². The summed E-state index contributed by atoms with van der Waals surface area (Å²) in [5.74, 6) is 0.553. The molecule has 158 valence electrons.